The maximum Gasteiger partial charge on any atom is 0.0995 e. The Morgan fingerprint density at radius 1 is 1.11 bits per heavy atom. The van der Waals surface area contributed by atoms with Crippen LogP contribution in [-0.4, -0.2) is 11.6 Å². The number of aryl methyl sites for hydroxylation is 1. The van der Waals surface area contributed by atoms with E-state index in [0.717, 1.165) is 18.4 Å². The molecule has 2 rings (SSSR count). The molecule has 19 heavy (non-hydrogen) atoms. The van der Waals surface area contributed by atoms with Crippen molar-refractivity contribution >= 4 is 0 Å². The molecular weight excluding hydrogens is 236 g/mol. The first-order valence-corrected chi connectivity index (χ1v) is 6.35. The summed E-state index contributed by atoms with van der Waals surface area (Å²) in [6.07, 6.45) is 5.57. The van der Waals surface area contributed by atoms with E-state index in [0.29, 0.717) is 18.8 Å². The molecule has 0 N–H and O–H groups in total. The highest BCUT2D eigenvalue weighted by atomic mass is 16.5. The Kier molecular flexibility index (Phi) is 5.09. The second-order valence-electron chi connectivity index (χ2n) is 4.28. The minimum Gasteiger partial charge on any atom is -0.377 e. The van der Waals surface area contributed by atoms with E-state index in [1.807, 2.05) is 36.4 Å². The van der Waals surface area contributed by atoms with E-state index in [9.17, 15) is 0 Å². The molecule has 0 bridgehead atoms. The highest BCUT2D eigenvalue weighted by Crippen LogP contribution is 2.09. The Morgan fingerprint density at radius 2 is 1.89 bits per heavy atom. The van der Waals surface area contributed by atoms with E-state index in [-0.39, 0.29) is 0 Å². The number of nitriles is 1. The number of rotatable bonds is 6. The third-order valence-electron chi connectivity index (χ3n) is 2.90. The van der Waals surface area contributed by atoms with Crippen LogP contribution in [0.15, 0.2) is 48.8 Å². The molecule has 0 unspecified atom stereocenters. The normalized spacial score (nSPS) is 10.1. The smallest absolute Gasteiger partial charge is 0.0995 e. The third-order valence-corrected chi connectivity index (χ3v) is 2.90. The molecular formula is C16H16N2O. The van der Waals surface area contributed by atoms with Gasteiger partial charge in [-0.15, -0.1) is 0 Å². The van der Waals surface area contributed by atoms with Gasteiger partial charge < -0.3 is 4.74 Å². The molecule has 0 aliphatic heterocycles. The maximum atomic E-state index is 8.96. The van der Waals surface area contributed by atoms with Crippen molar-refractivity contribution in [2.75, 3.05) is 6.61 Å². The molecule has 1 heterocycles. The summed E-state index contributed by atoms with van der Waals surface area (Å²) in [5.74, 6) is 0. The zero-order chi connectivity index (χ0) is 13.3. The second-order valence-corrected chi connectivity index (χ2v) is 4.28. The van der Waals surface area contributed by atoms with E-state index >= 15 is 0 Å². The van der Waals surface area contributed by atoms with Crippen molar-refractivity contribution in [3.8, 4) is 6.07 Å². The number of ether oxygens (including phenoxy) is 1. The first kappa shape index (κ1) is 13.3. The fourth-order valence-electron chi connectivity index (χ4n) is 1.87. The van der Waals surface area contributed by atoms with Crippen molar-refractivity contribution < 1.29 is 4.74 Å². The second kappa shape index (κ2) is 7.30. The predicted octanol–water partition coefficient (Wildman–Crippen LogP) is 3.10. The summed E-state index contributed by atoms with van der Waals surface area (Å²) >= 11 is 0. The molecule has 0 spiro atoms. The molecule has 96 valence electrons. The van der Waals surface area contributed by atoms with E-state index < -0.39 is 0 Å². The number of aromatic nitrogens is 1. The van der Waals surface area contributed by atoms with Crippen molar-refractivity contribution in [3.63, 3.8) is 0 Å². The van der Waals surface area contributed by atoms with Gasteiger partial charge in [0.05, 0.1) is 18.2 Å². The van der Waals surface area contributed by atoms with Gasteiger partial charge in [-0.3, -0.25) is 4.98 Å². The highest BCUT2D eigenvalue weighted by molar-refractivity contribution is 5.36. The van der Waals surface area contributed by atoms with Gasteiger partial charge in [0.15, 0.2) is 0 Å². The molecule has 0 aliphatic carbocycles. The van der Waals surface area contributed by atoms with Crippen LogP contribution in [-0.2, 0) is 17.8 Å². The fourth-order valence-corrected chi connectivity index (χ4v) is 1.87. The lowest BCUT2D eigenvalue weighted by molar-refractivity contribution is 0.118. The minimum absolute atomic E-state index is 0.500. The lowest BCUT2D eigenvalue weighted by Gasteiger charge is -2.06. The lowest BCUT2D eigenvalue weighted by atomic mass is 10.1. The van der Waals surface area contributed by atoms with Gasteiger partial charge in [-0.05, 0) is 42.2 Å². The molecule has 0 saturated heterocycles. The van der Waals surface area contributed by atoms with Gasteiger partial charge in [0, 0.05) is 19.0 Å². The van der Waals surface area contributed by atoms with Gasteiger partial charge in [-0.1, -0.05) is 18.2 Å². The molecule has 1 aromatic carbocycles. The first-order chi connectivity index (χ1) is 9.40. The molecule has 0 saturated carbocycles. The van der Waals surface area contributed by atoms with Gasteiger partial charge in [0.2, 0.25) is 0 Å². The molecule has 0 aliphatic rings. The fraction of sp³-hybridized carbons (Fsp3) is 0.250. The van der Waals surface area contributed by atoms with Gasteiger partial charge in [-0.25, -0.2) is 0 Å². The molecule has 0 amide bonds. The SMILES string of the molecule is N#Cc1ccccc1COCCCc1ccncc1. The Morgan fingerprint density at radius 3 is 2.68 bits per heavy atom. The van der Waals surface area contributed by atoms with Crippen molar-refractivity contribution in [1.82, 2.24) is 4.98 Å². The molecule has 0 atom stereocenters. The standard InChI is InChI=1S/C16H16N2O/c17-12-15-5-1-2-6-16(15)13-19-11-3-4-14-7-9-18-10-8-14/h1-2,5-10H,3-4,11,13H2. The zero-order valence-corrected chi connectivity index (χ0v) is 10.7. The van der Waals surface area contributed by atoms with Crippen LogP contribution in [0.3, 0.4) is 0 Å². The molecule has 3 nitrogen and oxygen atoms in total. The minimum atomic E-state index is 0.500. The van der Waals surface area contributed by atoms with Crippen LogP contribution < -0.4 is 0 Å². The summed E-state index contributed by atoms with van der Waals surface area (Å²) in [5.41, 5.74) is 2.92. The Bertz CT molecular complexity index is 546. The van der Waals surface area contributed by atoms with Gasteiger partial charge >= 0.3 is 0 Å². The van der Waals surface area contributed by atoms with Crippen LogP contribution in [0.2, 0.25) is 0 Å². The monoisotopic (exact) mass is 252 g/mol. The van der Waals surface area contributed by atoms with Crippen LogP contribution in [0.5, 0.6) is 0 Å². The summed E-state index contributed by atoms with van der Waals surface area (Å²) in [7, 11) is 0. The number of hydrogen-bond acceptors (Lipinski definition) is 3. The number of hydrogen-bond donors (Lipinski definition) is 0. The summed E-state index contributed by atoms with van der Waals surface area (Å²) in [6, 6.07) is 13.8. The molecule has 0 radical (unpaired) electrons. The lowest BCUT2D eigenvalue weighted by Crippen LogP contribution is -1.99. The Labute approximate surface area is 113 Å². The van der Waals surface area contributed by atoms with Crippen LogP contribution in [0.25, 0.3) is 0 Å². The summed E-state index contributed by atoms with van der Waals surface area (Å²) in [4.78, 5) is 3.99. The summed E-state index contributed by atoms with van der Waals surface area (Å²) < 4.78 is 5.62. The number of pyridine rings is 1. The summed E-state index contributed by atoms with van der Waals surface area (Å²) in [6.45, 7) is 1.20. The van der Waals surface area contributed by atoms with Crippen molar-refractivity contribution in [1.29, 1.82) is 5.26 Å². The maximum absolute atomic E-state index is 8.96. The van der Waals surface area contributed by atoms with Gasteiger partial charge in [0.1, 0.15) is 0 Å². The molecule has 0 fully saturated rings. The quantitative estimate of drug-likeness (QED) is 0.742. The van der Waals surface area contributed by atoms with Crippen LogP contribution in [0, 0.1) is 11.3 Å². The van der Waals surface area contributed by atoms with Gasteiger partial charge in [-0.2, -0.15) is 5.26 Å². The predicted molar refractivity (Wildman–Crippen MR) is 73.4 cm³/mol. The zero-order valence-electron chi connectivity index (χ0n) is 10.7. The van der Waals surface area contributed by atoms with Crippen LogP contribution >= 0.6 is 0 Å². The topological polar surface area (TPSA) is 45.9 Å². The van der Waals surface area contributed by atoms with E-state index in [1.54, 1.807) is 12.4 Å². The van der Waals surface area contributed by atoms with Gasteiger partial charge in [0.25, 0.3) is 0 Å². The van der Waals surface area contributed by atoms with Crippen molar-refractivity contribution in [3.05, 3.63) is 65.5 Å². The highest BCUT2D eigenvalue weighted by Gasteiger charge is 2.00. The number of benzene rings is 1. The first-order valence-electron chi connectivity index (χ1n) is 6.35. The van der Waals surface area contributed by atoms with Crippen LogP contribution in [0.4, 0.5) is 0 Å². The Balaban J connectivity index is 1.71. The third kappa shape index (κ3) is 4.20. The van der Waals surface area contributed by atoms with E-state index in [4.69, 9.17) is 10.00 Å². The average molecular weight is 252 g/mol. The summed E-state index contributed by atoms with van der Waals surface area (Å²) in [5, 5.41) is 8.96. The number of nitrogens with zero attached hydrogens (tertiary/aromatic N) is 2. The van der Waals surface area contributed by atoms with Crippen molar-refractivity contribution in [2.45, 2.75) is 19.4 Å². The van der Waals surface area contributed by atoms with Crippen LogP contribution in [0.1, 0.15) is 23.1 Å². The Hall–Kier alpha value is -2.18. The van der Waals surface area contributed by atoms with E-state index in [1.165, 1.54) is 5.56 Å². The van der Waals surface area contributed by atoms with Crippen molar-refractivity contribution in [2.24, 2.45) is 0 Å². The molecule has 3 heteroatoms. The largest absolute Gasteiger partial charge is 0.377 e. The molecule has 1 aromatic heterocycles. The van der Waals surface area contributed by atoms with E-state index in [2.05, 4.69) is 11.1 Å². The molecule has 2 aromatic rings. The average Bonchev–Trinajstić information content (AvgIpc) is 2.48.